The molecule has 17 heteroatoms. The second-order valence-electron chi connectivity index (χ2n) is 8.49. The fourth-order valence-electron chi connectivity index (χ4n) is 3.67. The predicted molar refractivity (Wildman–Crippen MR) is 140 cm³/mol. The van der Waals surface area contributed by atoms with Gasteiger partial charge in [-0.25, -0.2) is 13.8 Å². The van der Waals surface area contributed by atoms with Crippen molar-refractivity contribution in [3.05, 3.63) is 63.4 Å². The predicted octanol–water partition coefficient (Wildman–Crippen LogP) is 5.21. The molecule has 4 N–H and O–H groups in total. The quantitative estimate of drug-likeness (QED) is 0.181. The van der Waals surface area contributed by atoms with Crippen molar-refractivity contribution in [3.8, 4) is 5.75 Å². The molecular formula is C24H20Cl2F5N7O3. The standard InChI is InChI=1S/C24H20Cl2F5N7O3/c1-38-16-7-17(41-9-18(27)28)12(21(39)33-10-24(29,30)31)6-15(16)35-23(38)36-20-13(25)3-2-11(19(20)26)8-32-22(40)14-4-5-34-37-14/h2-7,18H,8-10H2,1H3,(H,32,40)(H,33,39)(H,34,37)(H,35,36). The van der Waals surface area contributed by atoms with Crippen LogP contribution in [-0.2, 0) is 13.6 Å². The Hall–Kier alpha value is -4.11. The molecule has 4 rings (SSSR count). The van der Waals surface area contributed by atoms with E-state index in [1.54, 1.807) is 18.4 Å². The van der Waals surface area contributed by atoms with Gasteiger partial charge in [-0.1, -0.05) is 29.3 Å². The van der Waals surface area contributed by atoms with Crippen LogP contribution in [0.15, 0.2) is 36.5 Å². The number of amides is 2. The Balaban J connectivity index is 1.64. The number of carbonyl (C=O) groups is 2. The molecule has 2 heterocycles. The third-order valence-corrected chi connectivity index (χ3v) is 6.37. The number of nitrogens with zero attached hydrogens (tertiary/aromatic N) is 3. The van der Waals surface area contributed by atoms with E-state index in [-0.39, 0.29) is 45.2 Å². The molecule has 0 bridgehead atoms. The van der Waals surface area contributed by atoms with E-state index in [2.05, 4.69) is 25.8 Å². The van der Waals surface area contributed by atoms with Crippen LogP contribution in [0.1, 0.15) is 26.4 Å². The summed E-state index contributed by atoms with van der Waals surface area (Å²) in [6, 6.07) is 6.97. The van der Waals surface area contributed by atoms with E-state index in [4.69, 9.17) is 27.9 Å². The highest BCUT2D eigenvalue weighted by Crippen LogP contribution is 2.37. The van der Waals surface area contributed by atoms with Gasteiger partial charge in [0, 0.05) is 25.9 Å². The van der Waals surface area contributed by atoms with Crippen LogP contribution in [-0.4, -0.2) is 57.3 Å². The van der Waals surface area contributed by atoms with Crippen molar-refractivity contribution >= 4 is 57.7 Å². The van der Waals surface area contributed by atoms with Gasteiger partial charge in [-0.2, -0.15) is 18.3 Å². The molecule has 0 fully saturated rings. The normalized spacial score (nSPS) is 11.6. The molecule has 0 aliphatic heterocycles. The van der Waals surface area contributed by atoms with Gasteiger partial charge < -0.3 is 25.3 Å². The SMILES string of the molecule is Cn1c(Nc2c(Cl)ccc(CNC(=O)c3cc[nH]n3)c2Cl)nc2cc(C(=O)NCC(F)(F)F)c(OCC(F)F)cc21. The van der Waals surface area contributed by atoms with Crippen LogP contribution in [0, 0.1) is 0 Å². The maximum Gasteiger partial charge on any atom is 0.405 e. The van der Waals surface area contributed by atoms with E-state index in [1.807, 2.05) is 0 Å². The van der Waals surface area contributed by atoms with Gasteiger partial charge in [-0.3, -0.25) is 14.7 Å². The second kappa shape index (κ2) is 12.2. The highest BCUT2D eigenvalue weighted by atomic mass is 35.5. The number of rotatable bonds is 10. The molecule has 0 aliphatic rings. The van der Waals surface area contributed by atoms with Gasteiger partial charge in [0.15, 0.2) is 0 Å². The number of hydrogen-bond acceptors (Lipinski definition) is 6. The van der Waals surface area contributed by atoms with E-state index in [0.29, 0.717) is 11.1 Å². The molecule has 0 saturated heterocycles. The van der Waals surface area contributed by atoms with Crippen molar-refractivity contribution in [2.75, 3.05) is 18.5 Å². The molecule has 2 amide bonds. The molecule has 0 atom stereocenters. The molecule has 0 radical (unpaired) electrons. The van der Waals surface area contributed by atoms with Crippen molar-refractivity contribution in [3.63, 3.8) is 0 Å². The number of hydrogen-bond donors (Lipinski definition) is 4. The first-order valence-electron chi connectivity index (χ1n) is 11.6. The zero-order valence-corrected chi connectivity index (χ0v) is 22.4. The molecule has 0 saturated carbocycles. The summed E-state index contributed by atoms with van der Waals surface area (Å²) < 4.78 is 70.0. The van der Waals surface area contributed by atoms with E-state index in [0.717, 1.165) is 6.07 Å². The lowest BCUT2D eigenvalue weighted by Gasteiger charge is -2.14. The molecule has 0 unspecified atom stereocenters. The van der Waals surface area contributed by atoms with Crippen LogP contribution >= 0.6 is 23.2 Å². The zero-order chi connectivity index (χ0) is 29.9. The summed E-state index contributed by atoms with van der Waals surface area (Å²) in [5.41, 5.74) is 0.891. The van der Waals surface area contributed by atoms with Crippen LogP contribution in [0.25, 0.3) is 11.0 Å². The lowest BCUT2D eigenvalue weighted by molar-refractivity contribution is -0.123. The second-order valence-corrected chi connectivity index (χ2v) is 9.28. The first-order valence-corrected chi connectivity index (χ1v) is 12.4. The molecule has 41 heavy (non-hydrogen) atoms. The smallest absolute Gasteiger partial charge is 0.405 e. The number of carbonyl (C=O) groups excluding carboxylic acids is 2. The molecule has 0 aliphatic carbocycles. The van der Waals surface area contributed by atoms with Gasteiger partial charge in [0.1, 0.15) is 24.6 Å². The molecule has 0 spiro atoms. The van der Waals surface area contributed by atoms with Crippen LogP contribution in [0.4, 0.5) is 33.6 Å². The van der Waals surface area contributed by atoms with Crippen LogP contribution in [0.5, 0.6) is 5.75 Å². The summed E-state index contributed by atoms with van der Waals surface area (Å²) in [7, 11) is 1.55. The fourth-order valence-corrected chi connectivity index (χ4v) is 4.20. The number of aromatic amines is 1. The van der Waals surface area contributed by atoms with Crippen molar-refractivity contribution < 1.29 is 36.3 Å². The van der Waals surface area contributed by atoms with Crippen molar-refractivity contribution in [2.45, 2.75) is 19.1 Å². The minimum absolute atomic E-state index is 0.0279. The van der Waals surface area contributed by atoms with E-state index in [1.165, 1.54) is 29.0 Å². The Morgan fingerprint density at radius 2 is 1.88 bits per heavy atom. The fraction of sp³-hybridized carbons (Fsp3) is 0.250. The molecule has 2 aromatic heterocycles. The third kappa shape index (κ3) is 7.16. The van der Waals surface area contributed by atoms with Gasteiger partial charge in [0.05, 0.1) is 32.3 Å². The van der Waals surface area contributed by atoms with Crippen molar-refractivity contribution in [2.24, 2.45) is 7.05 Å². The van der Waals surface area contributed by atoms with Crippen LogP contribution in [0.2, 0.25) is 10.0 Å². The average Bonchev–Trinajstić information content (AvgIpc) is 3.55. The summed E-state index contributed by atoms with van der Waals surface area (Å²) in [6.45, 7) is -2.70. The number of ether oxygens (including phenoxy) is 1. The zero-order valence-electron chi connectivity index (χ0n) is 20.9. The maximum atomic E-state index is 12.8. The number of aryl methyl sites for hydroxylation is 1. The third-order valence-electron chi connectivity index (χ3n) is 5.62. The monoisotopic (exact) mass is 619 g/mol. The van der Waals surface area contributed by atoms with Crippen molar-refractivity contribution in [1.82, 2.24) is 30.4 Å². The summed E-state index contributed by atoms with van der Waals surface area (Å²) in [6.07, 6.45) is -6.10. The maximum absolute atomic E-state index is 12.8. The number of nitrogens with one attached hydrogen (secondary N) is 4. The highest BCUT2D eigenvalue weighted by molar-refractivity contribution is 6.39. The molecule has 218 valence electrons. The lowest BCUT2D eigenvalue weighted by atomic mass is 10.1. The Bertz CT molecular complexity index is 1580. The van der Waals surface area contributed by atoms with E-state index in [9.17, 15) is 31.5 Å². The van der Waals surface area contributed by atoms with Gasteiger partial charge in [-0.05, 0) is 23.8 Å². The van der Waals surface area contributed by atoms with Crippen LogP contribution < -0.4 is 20.7 Å². The van der Waals surface area contributed by atoms with Gasteiger partial charge in [0.2, 0.25) is 5.95 Å². The minimum atomic E-state index is -4.69. The minimum Gasteiger partial charge on any atom is -0.487 e. The summed E-state index contributed by atoms with van der Waals surface area (Å²) in [4.78, 5) is 29.1. The van der Waals surface area contributed by atoms with Gasteiger partial charge >= 0.3 is 6.18 Å². The Kier molecular flexibility index (Phi) is 8.87. The molecular weight excluding hydrogens is 600 g/mol. The summed E-state index contributed by atoms with van der Waals surface area (Å²) in [5.74, 6) is -1.86. The van der Waals surface area contributed by atoms with Crippen LogP contribution in [0.3, 0.4) is 0 Å². The number of H-pyrrole nitrogens is 1. The highest BCUT2D eigenvalue weighted by Gasteiger charge is 2.29. The topological polar surface area (TPSA) is 126 Å². The number of halogens is 7. The number of benzene rings is 2. The number of imidazole rings is 1. The number of aromatic nitrogens is 4. The number of anilines is 2. The summed E-state index contributed by atoms with van der Waals surface area (Å²) >= 11 is 12.9. The van der Waals surface area contributed by atoms with E-state index >= 15 is 0 Å². The first kappa shape index (κ1) is 29.9. The molecule has 10 nitrogen and oxygen atoms in total. The largest absolute Gasteiger partial charge is 0.487 e. The van der Waals surface area contributed by atoms with Gasteiger partial charge in [0.25, 0.3) is 18.2 Å². The molecule has 2 aromatic carbocycles. The Morgan fingerprint density at radius 3 is 2.54 bits per heavy atom. The number of alkyl halides is 5. The lowest BCUT2D eigenvalue weighted by Crippen LogP contribution is -2.34. The Morgan fingerprint density at radius 1 is 1.12 bits per heavy atom. The summed E-state index contributed by atoms with van der Waals surface area (Å²) in [5, 5.41) is 14.0. The van der Waals surface area contributed by atoms with Gasteiger partial charge in [-0.15, -0.1) is 0 Å². The molecule has 4 aromatic rings. The average molecular weight is 620 g/mol. The first-order chi connectivity index (χ1) is 19.3. The Labute approximate surface area is 238 Å². The van der Waals surface area contributed by atoms with E-state index < -0.39 is 43.1 Å². The van der Waals surface area contributed by atoms with Crippen molar-refractivity contribution in [1.29, 1.82) is 0 Å². The number of fused-ring (bicyclic) bond motifs is 1.